The van der Waals surface area contributed by atoms with Gasteiger partial charge in [-0.25, -0.2) is 4.98 Å². The van der Waals surface area contributed by atoms with Crippen molar-refractivity contribution in [1.29, 1.82) is 0 Å². The highest BCUT2D eigenvalue weighted by Crippen LogP contribution is 2.20. The van der Waals surface area contributed by atoms with Crippen LogP contribution in [0, 0.1) is 0 Å². The molecule has 4 nitrogen and oxygen atoms in total. The first-order chi connectivity index (χ1) is 9.22. The fraction of sp³-hybridized carbons (Fsp3) is 0.143. The van der Waals surface area contributed by atoms with Crippen LogP contribution in [0.3, 0.4) is 0 Å². The molecule has 2 aromatic rings. The Balaban J connectivity index is 2.23. The lowest BCUT2D eigenvalue weighted by Gasteiger charge is -2.10. The van der Waals surface area contributed by atoms with E-state index in [4.69, 9.17) is 5.73 Å². The molecule has 1 amide bonds. The van der Waals surface area contributed by atoms with Crippen molar-refractivity contribution in [3.05, 3.63) is 58.3 Å². The summed E-state index contributed by atoms with van der Waals surface area (Å²) in [4.78, 5) is 16.3. The fourth-order valence-corrected chi connectivity index (χ4v) is 2.13. The summed E-state index contributed by atoms with van der Waals surface area (Å²) < 4.78 is 0.611. The van der Waals surface area contributed by atoms with E-state index in [1.165, 1.54) is 0 Å². The molecule has 0 saturated heterocycles. The molecule has 0 unspecified atom stereocenters. The lowest BCUT2D eigenvalue weighted by molar-refractivity contribution is 0.102. The van der Waals surface area contributed by atoms with E-state index in [-0.39, 0.29) is 5.91 Å². The van der Waals surface area contributed by atoms with Gasteiger partial charge in [-0.15, -0.1) is 0 Å². The van der Waals surface area contributed by atoms with Gasteiger partial charge in [0.15, 0.2) is 0 Å². The molecule has 0 bridgehead atoms. The van der Waals surface area contributed by atoms with Gasteiger partial charge in [-0.1, -0.05) is 18.2 Å². The van der Waals surface area contributed by atoms with Crippen molar-refractivity contribution in [3.8, 4) is 0 Å². The first-order valence-electron chi connectivity index (χ1n) is 5.92. The maximum absolute atomic E-state index is 12.3. The summed E-state index contributed by atoms with van der Waals surface area (Å²) in [7, 11) is 0. The predicted molar refractivity (Wildman–Crippen MR) is 79.1 cm³/mol. The summed E-state index contributed by atoms with van der Waals surface area (Å²) in [6, 6.07) is 11.0. The molecule has 5 heteroatoms. The van der Waals surface area contributed by atoms with Gasteiger partial charge in [0.2, 0.25) is 0 Å². The summed E-state index contributed by atoms with van der Waals surface area (Å²) in [6.45, 7) is 0.515. The monoisotopic (exact) mass is 319 g/mol. The molecule has 0 saturated carbocycles. The van der Waals surface area contributed by atoms with Gasteiger partial charge < -0.3 is 11.1 Å². The Morgan fingerprint density at radius 1 is 1.26 bits per heavy atom. The Hall–Kier alpha value is -1.72. The van der Waals surface area contributed by atoms with Crippen LogP contribution in [-0.4, -0.2) is 17.4 Å². The number of amides is 1. The minimum Gasteiger partial charge on any atom is -0.330 e. The maximum atomic E-state index is 12.3. The van der Waals surface area contributed by atoms with Crippen LogP contribution in [0.1, 0.15) is 15.9 Å². The summed E-state index contributed by atoms with van der Waals surface area (Å²) >= 11 is 3.30. The Morgan fingerprint density at radius 3 is 2.79 bits per heavy atom. The number of nitrogens with zero attached hydrogens (tertiary/aromatic N) is 1. The van der Waals surface area contributed by atoms with Crippen LogP contribution < -0.4 is 11.1 Å². The summed E-state index contributed by atoms with van der Waals surface area (Å²) in [5.74, 6) is -0.155. The van der Waals surface area contributed by atoms with Crippen LogP contribution >= 0.6 is 15.9 Å². The molecular formula is C14H14BrN3O. The molecule has 0 radical (unpaired) electrons. The highest BCUT2D eigenvalue weighted by atomic mass is 79.9. The van der Waals surface area contributed by atoms with E-state index in [0.717, 1.165) is 5.56 Å². The Morgan fingerprint density at radius 2 is 2.05 bits per heavy atom. The highest BCUT2D eigenvalue weighted by molar-refractivity contribution is 9.10. The van der Waals surface area contributed by atoms with Gasteiger partial charge in [-0.2, -0.15) is 0 Å². The molecule has 19 heavy (non-hydrogen) atoms. The van der Waals surface area contributed by atoms with Gasteiger partial charge >= 0.3 is 0 Å². The van der Waals surface area contributed by atoms with Gasteiger partial charge in [0.1, 0.15) is 4.60 Å². The van der Waals surface area contributed by atoms with Crippen molar-refractivity contribution in [3.63, 3.8) is 0 Å². The van der Waals surface area contributed by atoms with Gasteiger partial charge in [-0.05, 0) is 52.7 Å². The van der Waals surface area contributed by atoms with E-state index in [9.17, 15) is 4.79 Å². The van der Waals surface area contributed by atoms with Gasteiger partial charge in [-0.3, -0.25) is 4.79 Å². The number of nitrogens with one attached hydrogen (secondary N) is 1. The van der Waals surface area contributed by atoms with Crippen LogP contribution in [0.15, 0.2) is 47.2 Å². The quantitative estimate of drug-likeness (QED) is 0.851. The summed E-state index contributed by atoms with van der Waals surface area (Å²) in [6.07, 6.45) is 2.33. The lowest BCUT2D eigenvalue weighted by atomic mass is 10.0. The van der Waals surface area contributed by atoms with E-state index in [1.807, 2.05) is 18.2 Å². The lowest BCUT2D eigenvalue weighted by Crippen LogP contribution is -2.16. The van der Waals surface area contributed by atoms with Gasteiger partial charge in [0.25, 0.3) is 5.91 Å². The normalized spacial score (nSPS) is 10.2. The smallest absolute Gasteiger partial charge is 0.256 e. The van der Waals surface area contributed by atoms with Gasteiger partial charge in [0.05, 0.1) is 5.69 Å². The second kappa shape index (κ2) is 6.45. The molecule has 3 N–H and O–H groups in total. The second-order valence-electron chi connectivity index (χ2n) is 3.99. The van der Waals surface area contributed by atoms with Crippen molar-refractivity contribution in [2.24, 2.45) is 5.73 Å². The third-order valence-electron chi connectivity index (χ3n) is 2.68. The molecule has 98 valence electrons. The van der Waals surface area contributed by atoms with E-state index in [1.54, 1.807) is 24.4 Å². The number of hydrogen-bond donors (Lipinski definition) is 2. The van der Waals surface area contributed by atoms with Crippen molar-refractivity contribution < 1.29 is 4.79 Å². The van der Waals surface area contributed by atoms with Crippen LogP contribution in [0.5, 0.6) is 0 Å². The number of benzene rings is 1. The number of carbonyl (C=O) groups excluding carboxylic acids is 1. The van der Waals surface area contributed by atoms with Crippen molar-refractivity contribution >= 4 is 27.5 Å². The summed E-state index contributed by atoms with van der Waals surface area (Å²) in [5, 5.41) is 2.84. The highest BCUT2D eigenvalue weighted by Gasteiger charge is 2.12. The van der Waals surface area contributed by atoms with E-state index in [0.29, 0.717) is 28.8 Å². The molecular weight excluding hydrogens is 306 g/mol. The number of halogens is 1. The molecule has 0 aliphatic rings. The van der Waals surface area contributed by atoms with E-state index >= 15 is 0 Å². The standard InChI is InChI=1S/C14H14BrN3O/c15-13-12(6-3-9-17-13)18-14(19)11-5-2-1-4-10(11)7-8-16/h1-6,9H,7-8,16H2,(H,18,19). The Kier molecular flexibility index (Phi) is 4.65. The van der Waals surface area contributed by atoms with Crippen LogP contribution in [0.25, 0.3) is 0 Å². The Labute approximate surface area is 120 Å². The third-order valence-corrected chi connectivity index (χ3v) is 3.31. The average molecular weight is 320 g/mol. The minimum absolute atomic E-state index is 0.155. The zero-order valence-corrected chi connectivity index (χ0v) is 11.9. The number of carbonyl (C=O) groups is 1. The molecule has 0 aliphatic carbocycles. The number of rotatable bonds is 4. The number of pyridine rings is 1. The van der Waals surface area contributed by atoms with Gasteiger partial charge in [0, 0.05) is 11.8 Å². The SMILES string of the molecule is NCCc1ccccc1C(=O)Nc1cccnc1Br. The van der Waals surface area contributed by atoms with Crippen LogP contribution in [-0.2, 0) is 6.42 Å². The number of hydrogen-bond acceptors (Lipinski definition) is 3. The Bertz CT molecular complexity index is 586. The van der Waals surface area contributed by atoms with Crippen molar-refractivity contribution in [2.45, 2.75) is 6.42 Å². The summed E-state index contributed by atoms with van der Waals surface area (Å²) in [5.41, 5.74) is 7.79. The largest absolute Gasteiger partial charge is 0.330 e. The fourth-order valence-electron chi connectivity index (χ4n) is 1.78. The topological polar surface area (TPSA) is 68.0 Å². The number of aromatic nitrogens is 1. The molecule has 0 atom stereocenters. The molecule has 0 aliphatic heterocycles. The maximum Gasteiger partial charge on any atom is 0.256 e. The van der Waals surface area contributed by atoms with Crippen molar-refractivity contribution in [1.82, 2.24) is 4.98 Å². The van der Waals surface area contributed by atoms with Crippen LogP contribution in [0.4, 0.5) is 5.69 Å². The molecule has 1 aromatic carbocycles. The molecule has 0 fully saturated rings. The minimum atomic E-state index is -0.155. The molecule has 0 spiro atoms. The first-order valence-corrected chi connectivity index (χ1v) is 6.71. The number of nitrogens with two attached hydrogens (primary N) is 1. The number of anilines is 1. The zero-order valence-electron chi connectivity index (χ0n) is 10.3. The van der Waals surface area contributed by atoms with E-state index < -0.39 is 0 Å². The molecule has 2 rings (SSSR count). The molecule has 1 heterocycles. The predicted octanol–water partition coefficient (Wildman–Crippen LogP) is 2.60. The zero-order chi connectivity index (χ0) is 13.7. The average Bonchev–Trinajstić information content (AvgIpc) is 2.42. The van der Waals surface area contributed by atoms with Crippen molar-refractivity contribution in [2.75, 3.05) is 11.9 Å². The second-order valence-corrected chi connectivity index (χ2v) is 4.74. The van der Waals surface area contributed by atoms with Crippen LogP contribution in [0.2, 0.25) is 0 Å². The first kappa shape index (κ1) is 13.7. The third kappa shape index (κ3) is 3.39. The molecule has 1 aromatic heterocycles. The van der Waals surface area contributed by atoms with E-state index in [2.05, 4.69) is 26.2 Å².